The van der Waals surface area contributed by atoms with Gasteiger partial charge in [-0.15, -0.1) is 11.3 Å². The van der Waals surface area contributed by atoms with Gasteiger partial charge in [-0.05, 0) is 13.8 Å². The molecule has 6 nitrogen and oxygen atoms in total. The number of amides is 1. The number of nitrogens with one attached hydrogen (secondary N) is 2. The predicted molar refractivity (Wildman–Crippen MR) is 66.0 cm³/mol. The number of hydrogen-bond acceptors (Lipinski definition) is 5. The summed E-state index contributed by atoms with van der Waals surface area (Å²) in [6, 6.07) is 0. The highest BCUT2D eigenvalue weighted by molar-refractivity contribution is 7.11. The van der Waals surface area contributed by atoms with Gasteiger partial charge in [0, 0.05) is 16.8 Å². The maximum absolute atomic E-state index is 11.2. The van der Waals surface area contributed by atoms with E-state index in [1.165, 1.54) is 0 Å². The molecule has 0 bridgehead atoms. The van der Waals surface area contributed by atoms with Crippen molar-refractivity contribution in [3.63, 3.8) is 0 Å². The number of primary amides is 1. The molecule has 7 heteroatoms. The van der Waals surface area contributed by atoms with Crippen LogP contribution in [-0.4, -0.2) is 21.1 Å². The smallest absolute Gasteiger partial charge is 0.254 e. The second-order valence-corrected chi connectivity index (χ2v) is 4.95. The Labute approximate surface area is 102 Å². The Morgan fingerprint density at radius 2 is 2.35 bits per heavy atom. The Balaban J connectivity index is 2.11. The Bertz CT molecular complexity index is 545. The molecule has 2 heterocycles. The molecule has 90 valence electrons. The first-order valence-corrected chi connectivity index (χ1v) is 5.89. The predicted octanol–water partition coefficient (Wildman–Crippen LogP) is 1.19. The molecule has 2 aromatic rings. The minimum absolute atomic E-state index is 0.409. The van der Waals surface area contributed by atoms with Crippen molar-refractivity contribution in [1.29, 1.82) is 0 Å². The van der Waals surface area contributed by atoms with E-state index in [4.69, 9.17) is 5.73 Å². The number of aromatic nitrogens is 3. The van der Waals surface area contributed by atoms with E-state index in [0.717, 1.165) is 9.88 Å². The topological polar surface area (TPSA) is 96.7 Å². The second kappa shape index (κ2) is 4.54. The average Bonchev–Trinajstić information content (AvgIpc) is 2.82. The Kier molecular flexibility index (Phi) is 3.10. The van der Waals surface area contributed by atoms with E-state index in [1.54, 1.807) is 24.5 Å². The fraction of sp³-hybridized carbons (Fsp3) is 0.300. The van der Waals surface area contributed by atoms with Gasteiger partial charge in [0.15, 0.2) is 5.82 Å². The number of H-pyrrole nitrogens is 1. The lowest BCUT2D eigenvalue weighted by Gasteiger charge is -2.02. The standard InChI is InChI=1S/C10H13N5OS/c1-5-8(9(11)16)10(15-14-5)13-4-7-3-12-6(2)17-7/h3H,4H2,1-2H3,(H2,11,16)(H2,13,14,15). The van der Waals surface area contributed by atoms with E-state index >= 15 is 0 Å². The summed E-state index contributed by atoms with van der Waals surface area (Å²) in [6.45, 7) is 4.28. The van der Waals surface area contributed by atoms with Crippen LogP contribution in [0.5, 0.6) is 0 Å². The summed E-state index contributed by atoms with van der Waals surface area (Å²) < 4.78 is 0. The molecule has 0 atom stereocenters. The van der Waals surface area contributed by atoms with Crippen LogP contribution in [0.25, 0.3) is 0 Å². The van der Waals surface area contributed by atoms with Gasteiger partial charge < -0.3 is 11.1 Å². The summed E-state index contributed by atoms with van der Waals surface area (Å²) in [4.78, 5) is 16.5. The number of aryl methyl sites for hydroxylation is 2. The third kappa shape index (κ3) is 2.44. The van der Waals surface area contributed by atoms with E-state index in [1.807, 2.05) is 6.92 Å². The number of nitrogens with two attached hydrogens (primary N) is 1. The molecular formula is C10H13N5OS. The van der Waals surface area contributed by atoms with Crippen LogP contribution in [0.3, 0.4) is 0 Å². The summed E-state index contributed by atoms with van der Waals surface area (Å²) in [5.41, 5.74) is 6.36. The molecule has 1 amide bonds. The fourth-order valence-corrected chi connectivity index (χ4v) is 2.25. The number of aromatic amines is 1. The molecule has 0 aliphatic rings. The van der Waals surface area contributed by atoms with Gasteiger partial charge in [-0.25, -0.2) is 4.98 Å². The van der Waals surface area contributed by atoms with Gasteiger partial charge in [0.25, 0.3) is 5.91 Å². The van der Waals surface area contributed by atoms with Crippen LogP contribution >= 0.6 is 11.3 Å². The van der Waals surface area contributed by atoms with E-state index in [0.29, 0.717) is 23.6 Å². The molecular weight excluding hydrogens is 238 g/mol. The minimum Gasteiger partial charge on any atom is -0.365 e. The molecule has 17 heavy (non-hydrogen) atoms. The maximum Gasteiger partial charge on any atom is 0.254 e. The molecule has 0 fully saturated rings. The van der Waals surface area contributed by atoms with Crippen molar-refractivity contribution >= 4 is 23.1 Å². The number of carbonyl (C=O) groups is 1. The summed E-state index contributed by atoms with van der Waals surface area (Å²) in [5, 5.41) is 10.8. The Morgan fingerprint density at radius 3 is 2.94 bits per heavy atom. The van der Waals surface area contributed by atoms with Crippen molar-refractivity contribution in [3.05, 3.63) is 27.3 Å². The Hall–Kier alpha value is -1.89. The van der Waals surface area contributed by atoms with Gasteiger partial charge in [-0.2, -0.15) is 5.10 Å². The SMILES string of the molecule is Cc1ncc(CNc2n[nH]c(C)c2C(N)=O)s1. The van der Waals surface area contributed by atoms with Crippen LogP contribution in [0.4, 0.5) is 5.82 Å². The van der Waals surface area contributed by atoms with Gasteiger partial charge in [0.05, 0.1) is 11.6 Å². The van der Waals surface area contributed by atoms with Gasteiger partial charge >= 0.3 is 0 Å². The molecule has 0 aliphatic carbocycles. The first kappa shape index (κ1) is 11.6. The monoisotopic (exact) mass is 251 g/mol. The molecule has 0 aromatic carbocycles. The summed E-state index contributed by atoms with van der Waals surface area (Å²) in [6.07, 6.45) is 1.80. The largest absolute Gasteiger partial charge is 0.365 e. The van der Waals surface area contributed by atoms with Crippen LogP contribution in [0, 0.1) is 13.8 Å². The van der Waals surface area contributed by atoms with Crippen LogP contribution in [0.2, 0.25) is 0 Å². The normalized spacial score (nSPS) is 10.5. The van der Waals surface area contributed by atoms with Gasteiger partial charge in [0.2, 0.25) is 0 Å². The van der Waals surface area contributed by atoms with Crippen LogP contribution in [-0.2, 0) is 6.54 Å². The van der Waals surface area contributed by atoms with E-state index in [-0.39, 0.29) is 0 Å². The van der Waals surface area contributed by atoms with E-state index in [2.05, 4.69) is 20.5 Å². The first-order chi connectivity index (χ1) is 8.08. The van der Waals surface area contributed by atoms with E-state index < -0.39 is 5.91 Å². The number of anilines is 1. The fourth-order valence-electron chi connectivity index (χ4n) is 1.52. The van der Waals surface area contributed by atoms with Gasteiger partial charge in [0.1, 0.15) is 5.56 Å². The number of hydrogen-bond donors (Lipinski definition) is 3. The Morgan fingerprint density at radius 1 is 1.59 bits per heavy atom. The molecule has 0 saturated heterocycles. The summed E-state index contributed by atoms with van der Waals surface area (Å²) in [7, 11) is 0. The van der Waals surface area contributed by atoms with Gasteiger partial charge in [-0.1, -0.05) is 0 Å². The zero-order valence-corrected chi connectivity index (χ0v) is 10.4. The molecule has 0 saturated carbocycles. The second-order valence-electron chi connectivity index (χ2n) is 3.64. The lowest BCUT2D eigenvalue weighted by Crippen LogP contribution is -2.14. The van der Waals surface area contributed by atoms with Crippen molar-refractivity contribution in [2.24, 2.45) is 5.73 Å². The number of carbonyl (C=O) groups excluding carboxylic acids is 1. The van der Waals surface area contributed by atoms with Crippen molar-refractivity contribution in [1.82, 2.24) is 15.2 Å². The maximum atomic E-state index is 11.2. The van der Waals surface area contributed by atoms with Crippen LogP contribution < -0.4 is 11.1 Å². The molecule has 2 rings (SSSR count). The molecule has 2 aromatic heterocycles. The molecule has 0 aliphatic heterocycles. The highest BCUT2D eigenvalue weighted by Gasteiger charge is 2.15. The van der Waals surface area contributed by atoms with Crippen LogP contribution in [0.15, 0.2) is 6.20 Å². The first-order valence-electron chi connectivity index (χ1n) is 5.08. The minimum atomic E-state index is -0.487. The average molecular weight is 251 g/mol. The van der Waals surface area contributed by atoms with E-state index in [9.17, 15) is 4.79 Å². The lowest BCUT2D eigenvalue weighted by atomic mass is 10.2. The third-order valence-electron chi connectivity index (χ3n) is 2.29. The molecule has 4 N–H and O–H groups in total. The zero-order chi connectivity index (χ0) is 12.4. The summed E-state index contributed by atoms with van der Waals surface area (Å²) >= 11 is 1.60. The molecule has 0 radical (unpaired) electrons. The molecule has 0 spiro atoms. The molecule has 0 unspecified atom stereocenters. The number of nitrogens with zero attached hydrogens (tertiary/aromatic N) is 2. The van der Waals surface area contributed by atoms with Crippen molar-refractivity contribution in [2.75, 3.05) is 5.32 Å². The van der Waals surface area contributed by atoms with Crippen LogP contribution in [0.1, 0.15) is 25.9 Å². The quantitative estimate of drug-likeness (QED) is 0.760. The number of thiazole rings is 1. The third-order valence-corrected chi connectivity index (χ3v) is 3.21. The van der Waals surface area contributed by atoms with Crippen molar-refractivity contribution in [2.45, 2.75) is 20.4 Å². The van der Waals surface area contributed by atoms with Gasteiger partial charge in [-0.3, -0.25) is 9.89 Å². The highest BCUT2D eigenvalue weighted by atomic mass is 32.1. The highest BCUT2D eigenvalue weighted by Crippen LogP contribution is 2.18. The summed E-state index contributed by atoms with van der Waals surface area (Å²) in [5.74, 6) is 0.000267. The zero-order valence-electron chi connectivity index (χ0n) is 9.57. The van der Waals surface area contributed by atoms with Crippen molar-refractivity contribution in [3.8, 4) is 0 Å². The number of rotatable bonds is 4. The van der Waals surface area contributed by atoms with Crippen molar-refractivity contribution < 1.29 is 4.79 Å². The lowest BCUT2D eigenvalue weighted by molar-refractivity contribution is 0.100.